The Morgan fingerprint density at radius 3 is 2.78 bits per heavy atom. The summed E-state index contributed by atoms with van der Waals surface area (Å²) in [5.41, 5.74) is 7.15. The van der Waals surface area contributed by atoms with Crippen molar-refractivity contribution in [3.05, 3.63) is 68.5 Å². The van der Waals surface area contributed by atoms with Crippen LogP contribution in [0.5, 0.6) is 0 Å². The normalized spacial score (nSPS) is 10.9. The van der Waals surface area contributed by atoms with Gasteiger partial charge in [-0.15, -0.1) is 22.7 Å². The first-order chi connectivity index (χ1) is 15.3. The number of fused-ring (bicyclic) bond motifs is 1. The maximum Gasteiger partial charge on any atom is 0.348 e. The zero-order valence-corrected chi connectivity index (χ0v) is 19.1. The van der Waals surface area contributed by atoms with E-state index in [1.807, 2.05) is 31.2 Å². The number of carbonyl (C=O) groups is 3. The first-order valence-electron chi connectivity index (χ1n) is 9.38. The fourth-order valence-electron chi connectivity index (χ4n) is 3.07. The van der Waals surface area contributed by atoms with Crippen molar-refractivity contribution in [2.45, 2.75) is 13.5 Å². The quantitative estimate of drug-likeness (QED) is 0.380. The molecule has 0 spiro atoms. The third kappa shape index (κ3) is 4.52. The van der Waals surface area contributed by atoms with Gasteiger partial charge in [-0.1, -0.05) is 29.8 Å². The van der Waals surface area contributed by atoms with E-state index in [-0.39, 0.29) is 5.56 Å². The Morgan fingerprint density at radius 1 is 1.25 bits per heavy atom. The molecule has 0 radical (unpaired) electrons. The predicted octanol–water partition coefficient (Wildman–Crippen LogP) is 4.06. The molecule has 3 N–H and O–H groups in total. The second kappa shape index (κ2) is 9.11. The highest BCUT2D eigenvalue weighted by molar-refractivity contribution is 7.20. The van der Waals surface area contributed by atoms with Crippen molar-refractivity contribution < 1.29 is 19.1 Å². The van der Waals surface area contributed by atoms with Gasteiger partial charge in [0.25, 0.3) is 11.8 Å². The summed E-state index contributed by atoms with van der Waals surface area (Å²) in [6.45, 7) is 1.83. The van der Waals surface area contributed by atoms with Crippen molar-refractivity contribution in [1.29, 1.82) is 0 Å². The van der Waals surface area contributed by atoms with E-state index in [4.69, 9.17) is 22.1 Å². The van der Waals surface area contributed by atoms with E-state index in [0.717, 1.165) is 32.8 Å². The van der Waals surface area contributed by atoms with Crippen LogP contribution in [-0.2, 0) is 16.1 Å². The van der Waals surface area contributed by atoms with Gasteiger partial charge in [0.1, 0.15) is 14.7 Å². The summed E-state index contributed by atoms with van der Waals surface area (Å²) < 4.78 is 6.95. The highest BCUT2D eigenvalue weighted by Gasteiger charge is 2.19. The lowest BCUT2D eigenvalue weighted by molar-refractivity contribution is -0.119. The molecule has 3 heterocycles. The predicted molar refractivity (Wildman–Crippen MR) is 125 cm³/mol. The maximum atomic E-state index is 12.5. The highest BCUT2D eigenvalue weighted by Crippen LogP contribution is 2.30. The van der Waals surface area contributed by atoms with Crippen LogP contribution in [0.3, 0.4) is 0 Å². The lowest BCUT2D eigenvalue weighted by Crippen LogP contribution is -2.22. The number of nitrogens with one attached hydrogen (secondary N) is 1. The van der Waals surface area contributed by atoms with Gasteiger partial charge in [0.05, 0.1) is 17.8 Å². The molecule has 0 aliphatic rings. The van der Waals surface area contributed by atoms with Crippen molar-refractivity contribution in [3.8, 4) is 0 Å². The van der Waals surface area contributed by atoms with Gasteiger partial charge in [-0.05, 0) is 36.1 Å². The number of thiophene rings is 2. The number of esters is 1. The Balaban J connectivity index is 1.45. The molecule has 164 valence electrons. The number of anilines is 1. The third-order valence-electron chi connectivity index (χ3n) is 4.60. The van der Waals surface area contributed by atoms with Gasteiger partial charge in [-0.2, -0.15) is 5.10 Å². The summed E-state index contributed by atoms with van der Waals surface area (Å²) in [6.07, 6.45) is 0. The van der Waals surface area contributed by atoms with E-state index in [1.165, 1.54) is 17.4 Å². The summed E-state index contributed by atoms with van der Waals surface area (Å²) in [5, 5.41) is 10.5. The lowest BCUT2D eigenvalue weighted by Gasteiger charge is -2.06. The smallest absolute Gasteiger partial charge is 0.348 e. The van der Waals surface area contributed by atoms with Crippen LogP contribution >= 0.6 is 34.3 Å². The van der Waals surface area contributed by atoms with Crippen LogP contribution < -0.4 is 11.1 Å². The van der Waals surface area contributed by atoms with Crippen LogP contribution in [0.4, 0.5) is 5.00 Å². The van der Waals surface area contributed by atoms with E-state index in [1.54, 1.807) is 16.1 Å². The van der Waals surface area contributed by atoms with Crippen molar-refractivity contribution in [2.24, 2.45) is 5.73 Å². The number of primary amides is 1. The summed E-state index contributed by atoms with van der Waals surface area (Å²) >= 11 is 8.65. The monoisotopic (exact) mass is 488 g/mol. The fourth-order valence-corrected chi connectivity index (χ4v) is 5.13. The Bertz CT molecular complexity index is 1340. The van der Waals surface area contributed by atoms with Crippen molar-refractivity contribution in [1.82, 2.24) is 9.78 Å². The number of rotatable bonds is 7. The number of ether oxygens (including phenoxy) is 1. The Kier molecular flexibility index (Phi) is 6.26. The van der Waals surface area contributed by atoms with Crippen LogP contribution in [-0.4, -0.2) is 34.2 Å². The number of hydrogen-bond acceptors (Lipinski definition) is 7. The minimum atomic E-state index is -0.648. The Labute approximate surface area is 195 Å². The van der Waals surface area contributed by atoms with E-state index in [9.17, 15) is 14.4 Å². The average molecular weight is 489 g/mol. The molecule has 0 bridgehead atoms. The minimum absolute atomic E-state index is 0.206. The van der Waals surface area contributed by atoms with Crippen LogP contribution in [0.25, 0.3) is 10.2 Å². The molecule has 4 aromatic rings. The number of nitrogens with two attached hydrogens (primary N) is 1. The van der Waals surface area contributed by atoms with Crippen LogP contribution in [0.1, 0.15) is 31.3 Å². The van der Waals surface area contributed by atoms with Gasteiger partial charge in [-0.25, -0.2) is 4.79 Å². The number of amides is 2. The number of aromatic nitrogens is 2. The molecule has 0 atom stereocenters. The summed E-state index contributed by atoms with van der Waals surface area (Å²) in [4.78, 5) is 37.2. The molecule has 0 saturated carbocycles. The summed E-state index contributed by atoms with van der Waals surface area (Å²) in [5.74, 6) is -1.83. The number of aryl methyl sites for hydroxylation is 1. The fraction of sp³-hybridized carbons (Fsp3) is 0.143. The third-order valence-corrected chi connectivity index (χ3v) is 6.93. The second-order valence-corrected chi connectivity index (χ2v) is 9.17. The van der Waals surface area contributed by atoms with E-state index in [0.29, 0.717) is 21.4 Å². The molecule has 8 nitrogen and oxygen atoms in total. The topological polar surface area (TPSA) is 116 Å². The first-order valence-corrected chi connectivity index (χ1v) is 11.5. The number of halogens is 1. The highest BCUT2D eigenvalue weighted by atomic mass is 35.5. The zero-order valence-electron chi connectivity index (χ0n) is 16.8. The van der Waals surface area contributed by atoms with Gasteiger partial charge < -0.3 is 15.8 Å². The second-order valence-electron chi connectivity index (χ2n) is 6.82. The molecule has 1 aromatic carbocycles. The number of nitrogens with zero attached hydrogens (tertiary/aromatic N) is 2. The molecule has 0 unspecified atom stereocenters. The van der Waals surface area contributed by atoms with E-state index < -0.39 is 24.4 Å². The molecule has 0 saturated heterocycles. The Hall–Kier alpha value is -3.21. The van der Waals surface area contributed by atoms with E-state index >= 15 is 0 Å². The molecule has 3 aromatic heterocycles. The molecule has 4 rings (SSSR count). The summed E-state index contributed by atoms with van der Waals surface area (Å²) in [6, 6.07) is 10.7. The van der Waals surface area contributed by atoms with Crippen molar-refractivity contribution in [3.63, 3.8) is 0 Å². The molecule has 2 amide bonds. The molecule has 32 heavy (non-hydrogen) atoms. The number of benzene rings is 1. The Morgan fingerprint density at radius 2 is 2.03 bits per heavy atom. The lowest BCUT2D eigenvalue weighted by atomic mass is 10.2. The van der Waals surface area contributed by atoms with Crippen LogP contribution in [0.2, 0.25) is 5.02 Å². The minimum Gasteiger partial charge on any atom is -0.451 e. The van der Waals surface area contributed by atoms with E-state index in [2.05, 4.69) is 10.4 Å². The van der Waals surface area contributed by atoms with Gasteiger partial charge >= 0.3 is 5.97 Å². The first kappa shape index (κ1) is 22.0. The molecule has 0 aliphatic carbocycles. The summed E-state index contributed by atoms with van der Waals surface area (Å²) in [7, 11) is 0. The number of carbonyl (C=O) groups excluding carboxylic acids is 3. The van der Waals surface area contributed by atoms with Gasteiger partial charge in [0.15, 0.2) is 6.61 Å². The molecular weight excluding hydrogens is 472 g/mol. The van der Waals surface area contributed by atoms with Crippen LogP contribution in [0, 0.1) is 6.92 Å². The standard InChI is InChI=1S/C21H17ClN4O4S2/c1-11-14-8-16(32-20(14)26(25-11)9-12-4-2-3-5-15(12)22)21(29)30-10-17(27)24-19-13(18(23)28)6-7-31-19/h2-8H,9-10H2,1H3,(H2,23,28)(H,24,27). The van der Waals surface area contributed by atoms with Crippen molar-refractivity contribution >= 4 is 67.3 Å². The molecule has 0 aliphatic heterocycles. The van der Waals surface area contributed by atoms with Gasteiger partial charge in [0.2, 0.25) is 0 Å². The van der Waals surface area contributed by atoms with Gasteiger partial charge in [-0.3, -0.25) is 14.3 Å². The molecular formula is C21H17ClN4O4S2. The van der Waals surface area contributed by atoms with Crippen LogP contribution in [0.15, 0.2) is 41.8 Å². The average Bonchev–Trinajstić information content (AvgIpc) is 3.46. The largest absolute Gasteiger partial charge is 0.451 e. The van der Waals surface area contributed by atoms with Crippen molar-refractivity contribution in [2.75, 3.05) is 11.9 Å². The SMILES string of the molecule is Cc1nn(Cc2ccccc2Cl)c2sc(C(=O)OCC(=O)Nc3sccc3C(N)=O)cc12. The number of hydrogen-bond donors (Lipinski definition) is 2. The maximum absolute atomic E-state index is 12.5. The molecule has 0 fully saturated rings. The zero-order chi connectivity index (χ0) is 22.8. The van der Waals surface area contributed by atoms with Gasteiger partial charge in [0, 0.05) is 10.4 Å². The molecule has 11 heteroatoms.